The lowest BCUT2D eigenvalue weighted by atomic mass is 9.81. The molecule has 0 aromatic heterocycles. The van der Waals surface area contributed by atoms with Gasteiger partial charge in [-0.2, -0.15) is 0 Å². The van der Waals surface area contributed by atoms with E-state index in [4.69, 9.17) is 9.47 Å². The van der Waals surface area contributed by atoms with Crippen molar-refractivity contribution < 1.29 is 9.47 Å². The topological polar surface area (TPSA) is 18.5 Å². The SMILES string of the molecule is CCCC1COC2(C)C(CCC)COC12. The van der Waals surface area contributed by atoms with Crippen molar-refractivity contribution in [3.8, 4) is 0 Å². The van der Waals surface area contributed by atoms with Crippen LogP contribution in [0.2, 0.25) is 0 Å². The van der Waals surface area contributed by atoms with Gasteiger partial charge < -0.3 is 9.47 Å². The minimum absolute atomic E-state index is 0.0237. The van der Waals surface area contributed by atoms with Crippen LogP contribution >= 0.6 is 0 Å². The van der Waals surface area contributed by atoms with Crippen LogP contribution in [0.25, 0.3) is 0 Å². The maximum Gasteiger partial charge on any atom is 0.0968 e. The molecule has 4 unspecified atom stereocenters. The summed E-state index contributed by atoms with van der Waals surface area (Å²) in [5.41, 5.74) is 0.0237. The lowest BCUT2D eigenvalue weighted by molar-refractivity contribution is -0.0298. The Bertz CT molecular complexity index is 217. The molecule has 0 saturated carbocycles. The standard InChI is InChI=1S/C13H24O2/c1-4-6-10-8-15-13(3)11(7-5-2)9-14-12(10)13/h10-12H,4-9H2,1-3H3. The van der Waals surface area contributed by atoms with Crippen molar-refractivity contribution in [3.05, 3.63) is 0 Å². The van der Waals surface area contributed by atoms with Gasteiger partial charge in [-0.3, -0.25) is 0 Å². The zero-order valence-corrected chi connectivity index (χ0v) is 10.3. The van der Waals surface area contributed by atoms with Crippen molar-refractivity contribution in [1.82, 2.24) is 0 Å². The highest BCUT2D eigenvalue weighted by Gasteiger charge is 2.55. The molecule has 0 amide bonds. The summed E-state index contributed by atoms with van der Waals surface area (Å²) in [7, 11) is 0. The van der Waals surface area contributed by atoms with Gasteiger partial charge in [-0.25, -0.2) is 0 Å². The molecule has 0 N–H and O–H groups in total. The minimum Gasteiger partial charge on any atom is -0.374 e. The van der Waals surface area contributed by atoms with Gasteiger partial charge in [-0.05, 0) is 19.8 Å². The Morgan fingerprint density at radius 3 is 2.53 bits per heavy atom. The van der Waals surface area contributed by atoms with Crippen molar-refractivity contribution in [1.29, 1.82) is 0 Å². The van der Waals surface area contributed by atoms with E-state index in [0.29, 0.717) is 17.9 Å². The minimum atomic E-state index is 0.0237. The predicted molar refractivity (Wildman–Crippen MR) is 60.9 cm³/mol. The first kappa shape index (κ1) is 11.4. The highest BCUT2D eigenvalue weighted by Crippen LogP contribution is 2.46. The molecular weight excluding hydrogens is 188 g/mol. The zero-order valence-electron chi connectivity index (χ0n) is 10.3. The van der Waals surface area contributed by atoms with Crippen LogP contribution < -0.4 is 0 Å². The fourth-order valence-electron chi connectivity index (χ4n) is 3.29. The summed E-state index contributed by atoms with van der Waals surface area (Å²) in [6, 6.07) is 0. The third kappa shape index (κ3) is 1.83. The molecule has 2 fully saturated rings. The maximum atomic E-state index is 6.07. The molecule has 88 valence electrons. The van der Waals surface area contributed by atoms with Gasteiger partial charge in [0.25, 0.3) is 0 Å². The normalized spacial score (nSPS) is 44.6. The van der Waals surface area contributed by atoms with Crippen LogP contribution in [0.1, 0.15) is 46.5 Å². The summed E-state index contributed by atoms with van der Waals surface area (Å²) >= 11 is 0. The van der Waals surface area contributed by atoms with Crippen molar-refractivity contribution in [3.63, 3.8) is 0 Å². The van der Waals surface area contributed by atoms with Gasteiger partial charge >= 0.3 is 0 Å². The van der Waals surface area contributed by atoms with E-state index in [9.17, 15) is 0 Å². The van der Waals surface area contributed by atoms with Gasteiger partial charge in [0.2, 0.25) is 0 Å². The first-order valence-corrected chi connectivity index (χ1v) is 6.48. The van der Waals surface area contributed by atoms with E-state index in [1.54, 1.807) is 0 Å². The Hall–Kier alpha value is -0.0800. The molecule has 2 nitrogen and oxygen atoms in total. The van der Waals surface area contributed by atoms with Crippen molar-refractivity contribution >= 4 is 0 Å². The van der Waals surface area contributed by atoms with Gasteiger partial charge in [0.1, 0.15) is 0 Å². The van der Waals surface area contributed by atoms with E-state index in [2.05, 4.69) is 20.8 Å². The van der Waals surface area contributed by atoms with Crippen LogP contribution in [0.5, 0.6) is 0 Å². The Labute approximate surface area is 93.3 Å². The molecule has 2 heteroatoms. The number of hydrogen-bond acceptors (Lipinski definition) is 2. The third-order valence-corrected chi connectivity index (χ3v) is 4.19. The second-order valence-corrected chi connectivity index (χ2v) is 5.28. The second kappa shape index (κ2) is 4.42. The van der Waals surface area contributed by atoms with Crippen LogP contribution in [0, 0.1) is 11.8 Å². The molecule has 2 saturated heterocycles. The first-order chi connectivity index (χ1) is 7.22. The molecule has 4 atom stereocenters. The zero-order chi connectivity index (χ0) is 10.9. The smallest absolute Gasteiger partial charge is 0.0968 e. The summed E-state index contributed by atoms with van der Waals surface area (Å²) in [6.07, 6.45) is 5.33. The number of fused-ring (bicyclic) bond motifs is 1. The number of hydrogen-bond donors (Lipinski definition) is 0. The molecule has 2 aliphatic heterocycles. The van der Waals surface area contributed by atoms with Crippen molar-refractivity contribution in [2.45, 2.75) is 58.2 Å². The summed E-state index contributed by atoms with van der Waals surface area (Å²) in [5.74, 6) is 1.26. The van der Waals surface area contributed by atoms with Gasteiger partial charge in [0.05, 0.1) is 24.9 Å². The number of rotatable bonds is 4. The van der Waals surface area contributed by atoms with Gasteiger partial charge in [-0.15, -0.1) is 0 Å². The summed E-state index contributed by atoms with van der Waals surface area (Å²) in [5, 5.41) is 0. The van der Waals surface area contributed by atoms with Crippen LogP contribution in [-0.2, 0) is 9.47 Å². The first-order valence-electron chi connectivity index (χ1n) is 6.48. The van der Waals surface area contributed by atoms with Gasteiger partial charge in [0, 0.05) is 11.8 Å². The Balaban J connectivity index is 2.04. The molecular formula is C13H24O2. The molecule has 0 radical (unpaired) electrons. The molecule has 0 aliphatic carbocycles. The Morgan fingerprint density at radius 2 is 1.87 bits per heavy atom. The molecule has 0 aromatic rings. The highest BCUT2D eigenvalue weighted by atomic mass is 16.6. The number of ether oxygens (including phenoxy) is 2. The van der Waals surface area contributed by atoms with Gasteiger partial charge in [-0.1, -0.05) is 26.7 Å². The third-order valence-electron chi connectivity index (χ3n) is 4.19. The quantitative estimate of drug-likeness (QED) is 0.713. The van der Waals surface area contributed by atoms with Crippen molar-refractivity contribution in [2.75, 3.05) is 13.2 Å². The fraction of sp³-hybridized carbons (Fsp3) is 1.00. The average Bonchev–Trinajstić information content (AvgIpc) is 2.68. The monoisotopic (exact) mass is 212 g/mol. The lowest BCUT2D eigenvalue weighted by Gasteiger charge is -2.28. The van der Waals surface area contributed by atoms with Crippen molar-refractivity contribution in [2.24, 2.45) is 11.8 Å². The fourth-order valence-corrected chi connectivity index (χ4v) is 3.29. The second-order valence-electron chi connectivity index (χ2n) is 5.28. The van der Waals surface area contributed by atoms with Gasteiger partial charge in [0.15, 0.2) is 0 Å². The summed E-state index contributed by atoms with van der Waals surface area (Å²) in [4.78, 5) is 0. The maximum absolute atomic E-state index is 6.07. The molecule has 0 bridgehead atoms. The van der Waals surface area contributed by atoms with Crippen LogP contribution in [0.4, 0.5) is 0 Å². The van der Waals surface area contributed by atoms with E-state index < -0.39 is 0 Å². The van der Waals surface area contributed by atoms with E-state index in [1.807, 2.05) is 0 Å². The average molecular weight is 212 g/mol. The van der Waals surface area contributed by atoms with Crippen LogP contribution in [0.3, 0.4) is 0 Å². The summed E-state index contributed by atoms with van der Waals surface area (Å²) in [6.45, 7) is 8.58. The molecule has 0 spiro atoms. The Morgan fingerprint density at radius 1 is 1.13 bits per heavy atom. The lowest BCUT2D eigenvalue weighted by Crippen LogP contribution is -2.39. The van der Waals surface area contributed by atoms with E-state index in [-0.39, 0.29) is 5.60 Å². The largest absolute Gasteiger partial charge is 0.374 e. The van der Waals surface area contributed by atoms with E-state index in [1.165, 1.54) is 25.7 Å². The van der Waals surface area contributed by atoms with Crippen LogP contribution in [0.15, 0.2) is 0 Å². The molecule has 2 rings (SSSR count). The predicted octanol–water partition coefficient (Wildman–Crippen LogP) is 3.01. The highest BCUT2D eigenvalue weighted by molar-refractivity contribution is 5.03. The van der Waals surface area contributed by atoms with Crippen LogP contribution in [-0.4, -0.2) is 24.9 Å². The molecule has 2 aliphatic rings. The van der Waals surface area contributed by atoms with E-state index >= 15 is 0 Å². The summed E-state index contributed by atoms with van der Waals surface area (Å²) < 4.78 is 12.1. The molecule has 15 heavy (non-hydrogen) atoms. The van der Waals surface area contributed by atoms with E-state index in [0.717, 1.165) is 13.2 Å². The molecule has 2 heterocycles. The Kier molecular flexibility index (Phi) is 3.36. The molecule has 0 aromatic carbocycles.